The quantitative estimate of drug-likeness (QED) is 0.921. The van der Waals surface area contributed by atoms with E-state index < -0.39 is 0 Å². The first kappa shape index (κ1) is 12.7. The zero-order valence-corrected chi connectivity index (χ0v) is 11.4. The maximum absolute atomic E-state index is 5.99. The van der Waals surface area contributed by atoms with Crippen molar-refractivity contribution < 1.29 is 4.74 Å². The van der Waals surface area contributed by atoms with Crippen LogP contribution in [0.2, 0.25) is 5.02 Å². The monoisotopic (exact) mass is 273 g/mol. The third-order valence-corrected chi connectivity index (χ3v) is 3.65. The molecule has 0 saturated heterocycles. The summed E-state index contributed by atoms with van der Waals surface area (Å²) < 4.78 is 5.63. The second kappa shape index (κ2) is 5.74. The van der Waals surface area contributed by atoms with Crippen molar-refractivity contribution in [2.75, 3.05) is 6.61 Å². The lowest BCUT2D eigenvalue weighted by atomic mass is 9.99. The highest BCUT2D eigenvalue weighted by molar-refractivity contribution is 6.30. The van der Waals surface area contributed by atoms with E-state index in [2.05, 4.69) is 35.6 Å². The van der Waals surface area contributed by atoms with Crippen LogP contribution >= 0.6 is 11.6 Å². The molecule has 0 amide bonds. The fraction of sp³-hybridized carbons (Fsp3) is 0.250. The van der Waals surface area contributed by atoms with Crippen molar-refractivity contribution in [1.82, 2.24) is 5.32 Å². The van der Waals surface area contributed by atoms with Crippen molar-refractivity contribution in [3.63, 3.8) is 0 Å². The molecule has 1 aliphatic heterocycles. The Kier molecular flexibility index (Phi) is 3.83. The number of nitrogens with one attached hydrogen (secondary N) is 1. The lowest BCUT2D eigenvalue weighted by molar-refractivity contribution is 0.0817. The van der Waals surface area contributed by atoms with Gasteiger partial charge in [-0.05, 0) is 28.8 Å². The molecule has 1 heterocycles. The predicted molar refractivity (Wildman–Crippen MR) is 77.1 cm³/mol. The van der Waals surface area contributed by atoms with Crippen LogP contribution in [-0.4, -0.2) is 6.61 Å². The van der Waals surface area contributed by atoms with Crippen molar-refractivity contribution in [3.05, 3.63) is 70.2 Å². The van der Waals surface area contributed by atoms with Crippen LogP contribution in [0.1, 0.15) is 22.7 Å². The molecule has 19 heavy (non-hydrogen) atoms. The Hall–Kier alpha value is -1.35. The highest BCUT2D eigenvalue weighted by atomic mass is 35.5. The summed E-state index contributed by atoms with van der Waals surface area (Å²) in [5, 5.41) is 4.32. The van der Waals surface area contributed by atoms with Crippen LogP contribution in [0.25, 0.3) is 0 Å². The van der Waals surface area contributed by atoms with E-state index >= 15 is 0 Å². The van der Waals surface area contributed by atoms with Crippen molar-refractivity contribution in [2.24, 2.45) is 0 Å². The third kappa shape index (κ3) is 2.98. The molecule has 2 aromatic rings. The predicted octanol–water partition coefficient (Wildman–Crippen LogP) is 3.70. The van der Waals surface area contributed by atoms with E-state index in [1.165, 1.54) is 16.7 Å². The Morgan fingerprint density at radius 3 is 2.95 bits per heavy atom. The minimum atomic E-state index is 0.254. The minimum absolute atomic E-state index is 0.254. The first-order valence-electron chi connectivity index (χ1n) is 6.46. The highest BCUT2D eigenvalue weighted by Gasteiger charge is 2.19. The van der Waals surface area contributed by atoms with Gasteiger partial charge in [-0.25, -0.2) is 0 Å². The van der Waals surface area contributed by atoms with Gasteiger partial charge in [0.05, 0.1) is 19.3 Å². The first-order chi connectivity index (χ1) is 9.33. The summed E-state index contributed by atoms with van der Waals surface area (Å²) in [6.07, 6.45) is 0. The van der Waals surface area contributed by atoms with Crippen LogP contribution in [0.15, 0.2) is 48.5 Å². The van der Waals surface area contributed by atoms with Gasteiger partial charge in [-0.3, -0.25) is 0 Å². The maximum Gasteiger partial charge on any atom is 0.0721 e. The summed E-state index contributed by atoms with van der Waals surface area (Å²) in [4.78, 5) is 0. The zero-order chi connectivity index (χ0) is 13.1. The fourth-order valence-electron chi connectivity index (χ4n) is 2.44. The largest absolute Gasteiger partial charge is 0.375 e. The fourth-order valence-corrected chi connectivity index (χ4v) is 2.65. The third-order valence-electron chi connectivity index (χ3n) is 3.41. The van der Waals surface area contributed by atoms with E-state index in [1.807, 2.05) is 18.2 Å². The number of fused-ring (bicyclic) bond motifs is 1. The number of halogens is 1. The van der Waals surface area contributed by atoms with Gasteiger partial charge >= 0.3 is 0 Å². The van der Waals surface area contributed by atoms with E-state index in [0.29, 0.717) is 6.61 Å². The Morgan fingerprint density at radius 1 is 1.16 bits per heavy atom. The molecule has 1 atom stereocenters. The molecule has 3 heteroatoms. The van der Waals surface area contributed by atoms with Gasteiger partial charge in [0.2, 0.25) is 0 Å². The highest BCUT2D eigenvalue weighted by Crippen LogP contribution is 2.24. The average Bonchev–Trinajstić information content (AvgIpc) is 2.45. The molecule has 2 nitrogen and oxygen atoms in total. The summed E-state index contributed by atoms with van der Waals surface area (Å²) in [6, 6.07) is 16.6. The van der Waals surface area contributed by atoms with Crippen LogP contribution in [0.4, 0.5) is 0 Å². The number of ether oxygens (including phenoxy) is 1. The second-order valence-electron chi connectivity index (χ2n) is 4.78. The van der Waals surface area contributed by atoms with Gasteiger partial charge < -0.3 is 10.1 Å². The molecule has 0 aromatic heterocycles. The zero-order valence-electron chi connectivity index (χ0n) is 10.6. The lowest BCUT2D eigenvalue weighted by Gasteiger charge is -2.26. The van der Waals surface area contributed by atoms with E-state index in [4.69, 9.17) is 16.3 Å². The van der Waals surface area contributed by atoms with Crippen molar-refractivity contribution in [2.45, 2.75) is 19.2 Å². The molecule has 0 radical (unpaired) electrons. The smallest absolute Gasteiger partial charge is 0.0721 e. The van der Waals surface area contributed by atoms with Crippen molar-refractivity contribution in [3.8, 4) is 0 Å². The van der Waals surface area contributed by atoms with Crippen molar-refractivity contribution in [1.29, 1.82) is 0 Å². The van der Waals surface area contributed by atoms with Gasteiger partial charge in [-0.1, -0.05) is 48.0 Å². The van der Waals surface area contributed by atoms with Gasteiger partial charge in [0.15, 0.2) is 0 Å². The summed E-state index contributed by atoms with van der Waals surface area (Å²) in [7, 11) is 0. The molecule has 1 N–H and O–H groups in total. The molecule has 3 rings (SSSR count). The summed E-state index contributed by atoms with van der Waals surface area (Å²) in [6.45, 7) is 2.23. The van der Waals surface area contributed by atoms with E-state index in [1.54, 1.807) is 0 Å². The van der Waals surface area contributed by atoms with Crippen LogP contribution < -0.4 is 5.32 Å². The number of hydrogen-bond acceptors (Lipinski definition) is 2. The Balaban J connectivity index is 1.71. The van der Waals surface area contributed by atoms with Crippen LogP contribution in [0, 0.1) is 0 Å². The number of benzene rings is 2. The van der Waals surface area contributed by atoms with Crippen LogP contribution in [0.3, 0.4) is 0 Å². The molecular weight excluding hydrogens is 258 g/mol. The minimum Gasteiger partial charge on any atom is -0.375 e. The SMILES string of the molecule is Clc1cccc(CNC2COCc3ccccc32)c1. The Labute approximate surface area is 118 Å². The van der Waals surface area contributed by atoms with Gasteiger partial charge in [0, 0.05) is 11.6 Å². The Morgan fingerprint density at radius 2 is 2.05 bits per heavy atom. The van der Waals surface area contributed by atoms with Gasteiger partial charge in [-0.15, -0.1) is 0 Å². The van der Waals surface area contributed by atoms with Gasteiger partial charge in [-0.2, -0.15) is 0 Å². The van der Waals surface area contributed by atoms with E-state index in [9.17, 15) is 0 Å². The second-order valence-corrected chi connectivity index (χ2v) is 5.21. The van der Waals surface area contributed by atoms with Crippen LogP contribution in [0.5, 0.6) is 0 Å². The average molecular weight is 274 g/mol. The maximum atomic E-state index is 5.99. The molecule has 2 aromatic carbocycles. The van der Waals surface area contributed by atoms with Crippen molar-refractivity contribution >= 4 is 11.6 Å². The molecule has 0 fully saturated rings. The standard InChI is InChI=1S/C16H16ClNO/c17-14-6-3-4-12(8-14)9-18-16-11-19-10-13-5-1-2-7-15(13)16/h1-8,16,18H,9-11H2. The molecule has 98 valence electrons. The molecular formula is C16H16ClNO. The van der Waals surface area contributed by atoms with Gasteiger partial charge in [0.1, 0.15) is 0 Å². The lowest BCUT2D eigenvalue weighted by Crippen LogP contribution is -2.29. The molecule has 0 spiro atoms. The topological polar surface area (TPSA) is 21.3 Å². The van der Waals surface area contributed by atoms with E-state index in [0.717, 1.165) is 18.2 Å². The number of rotatable bonds is 3. The molecule has 1 aliphatic rings. The van der Waals surface area contributed by atoms with Gasteiger partial charge in [0.25, 0.3) is 0 Å². The number of hydrogen-bond donors (Lipinski definition) is 1. The normalized spacial score (nSPS) is 18.1. The molecule has 0 bridgehead atoms. The van der Waals surface area contributed by atoms with Crippen LogP contribution in [-0.2, 0) is 17.9 Å². The molecule has 0 saturated carbocycles. The summed E-state index contributed by atoms with van der Waals surface area (Å²) in [5.74, 6) is 0. The van der Waals surface area contributed by atoms with E-state index in [-0.39, 0.29) is 6.04 Å². The first-order valence-corrected chi connectivity index (χ1v) is 6.84. The Bertz CT molecular complexity index is 570. The molecule has 0 aliphatic carbocycles. The summed E-state index contributed by atoms with van der Waals surface area (Å²) in [5.41, 5.74) is 3.81. The molecule has 1 unspecified atom stereocenters. The summed E-state index contributed by atoms with van der Waals surface area (Å²) >= 11 is 5.99.